The molecular formula is C39H64N4O7. The van der Waals surface area contributed by atoms with Crippen molar-refractivity contribution in [2.45, 2.75) is 131 Å². The van der Waals surface area contributed by atoms with Crippen LogP contribution in [0.3, 0.4) is 0 Å². The zero-order chi connectivity index (χ0) is 37.0. The van der Waals surface area contributed by atoms with Crippen LogP contribution in [0.25, 0.3) is 0 Å². The van der Waals surface area contributed by atoms with Gasteiger partial charge in [-0.05, 0) is 97.7 Å². The molecule has 3 saturated carbocycles. The molecule has 4 aliphatic carbocycles. The molecule has 0 aromatic rings. The average molecular weight is 701 g/mol. The number of aliphatic imine (C=N–C) groups is 1. The summed E-state index contributed by atoms with van der Waals surface area (Å²) in [5, 5.41) is 11.0. The highest BCUT2D eigenvalue weighted by Gasteiger charge is 2.72. The van der Waals surface area contributed by atoms with E-state index in [4.69, 9.17) is 31.4 Å². The zero-order valence-electron chi connectivity index (χ0n) is 31.8. The van der Waals surface area contributed by atoms with Crippen molar-refractivity contribution in [2.75, 3.05) is 19.8 Å². The van der Waals surface area contributed by atoms with E-state index in [9.17, 15) is 19.5 Å². The molecular weight excluding hydrogens is 636 g/mol. The van der Waals surface area contributed by atoms with Crippen molar-refractivity contribution in [1.82, 2.24) is 0 Å². The number of hydrogen-bond donors (Lipinski definition) is 4. The van der Waals surface area contributed by atoms with Crippen molar-refractivity contribution in [3.8, 4) is 0 Å². The molecule has 5 rings (SSSR count). The first-order valence-electron chi connectivity index (χ1n) is 19.0. The summed E-state index contributed by atoms with van der Waals surface area (Å²) in [4.78, 5) is 43.5. The van der Waals surface area contributed by atoms with Crippen LogP contribution in [0.4, 0.5) is 0 Å². The number of rotatable bonds is 11. The number of unbranched alkanes of at least 4 members (excludes halogenated alkanes) is 1. The molecule has 11 nitrogen and oxygen atoms in total. The van der Waals surface area contributed by atoms with Gasteiger partial charge in [-0.15, -0.1) is 0 Å². The van der Waals surface area contributed by atoms with Gasteiger partial charge in [-0.3, -0.25) is 19.4 Å². The van der Waals surface area contributed by atoms with E-state index in [2.05, 4.69) is 59.5 Å². The lowest BCUT2D eigenvalue weighted by molar-refractivity contribution is -0.263. The summed E-state index contributed by atoms with van der Waals surface area (Å²) in [6, 6.07) is -0.834. The van der Waals surface area contributed by atoms with Crippen molar-refractivity contribution >= 4 is 23.9 Å². The van der Waals surface area contributed by atoms with Gasteiger partial charge in [0.2, 0.25) is 0 Å². The second-order valence-corrected chi connectivity index (χ2v) is 18.0. The summed E-state index contributed by atoms with van der Waals surface area (Å²) < 4.78 is 18.8. The van der Waals surface area contributed by atoms with Crippen LogP contribution in [0, 0.1) is 56.7 Å². The number of allylic oxidation sites excluding steroid dienone is 1. The topological polar surface area (TPSA) is 190 Å². The molecule has 0 radical (unpaired) electrons. The normalized spacial score (nSPS) is 41.7. The fourth-order valence-corrected chi connectivity index (χ4v) is 12.1. The Balaban J connectivity index is 1.47. The number of carbonyl (C=O) groups is 3. The summed E-state index contributed by atoms with van der Waals surface area (Å²) in [6.07, 6.45) is 7.55. The Morgan fingerprint density at radius 3 is 2.34 bits per heavy atom. The summed E-state index contributed by atoms with van der Waals surface area (Å²) in [5.41, 5.74) is 16.5. The van der Waals surface area contributed by atoms with Gasteiger partial charge >= 0.3 is 17.9 Å². The van der Waals surface area contributed by atoms with Crippen LogP contribution >= 0.6 is 0 Å². The summed E-state index contributed by atoms with van der Waals surface area (Å²) in [7, 11) is 0. The van der Waals surface area contributed by atoms with Gasteiger partial charge < -0.3 is 36.5 Å². The number of aliphatic carboxylic acids is 1. The number of ether oxygens (including phenoxy) is 3. The Morgan fingerprint density at radius 1 is 1.02 bits per heavy atom. The van der Waals surface area contributed by atoms with Crippen LogP contribution < -0.4 is 17.2 Å². The fraction of sp³-hybridized carbons (Fsp3) is 0.846. The van der Waals surface area contributed by atoms with Gasteiger partial charge in [0.15, 0.2) is 5.96 Å². The molecule has 1 unspecified atom stereocenters. The van der Waals surface area contributed by atoms with Crippen molar-refractivity contribution < 1.29 is 33.7 Å². The SMILES string of the molecule is CC(=O)O[C@@H]1C[C@]23COC[C@](C)([C@@H]2CC[C@H]2C3=CC[C@@]3(C)[C@H](C(=O)O)[C@@](C)([C@H](C)C(C)C)CC[C@]23C)[C@H]1OC(=O)C(N)CCCCN=C(N)N. The Kier molecular flexibility index (Phi) is 10.6. The molecule has 0 amide bonds. The van der Waals surface area contributed by atoms with Gasteiger partial charge in [-0.25, -0.2) is 0 Å². The van der Waals surface area contributed by atoms with Gasteiger partial charge in [-0.1, -0.05) is 60.1 Å². The molecule has 1 heterocycles. The smallest absolute Gasteiger partial charge is 0.323 e. The highest BCUT2D eigenvalue weighted by Crippen LogP contribution is 2.75. The molecule has 11 heteroatoms. The number of guanidine groups is 1. The zero-order valence-corrected chi connectivity index (χ0v) is 31.8. The second kappa shape index (κ2) is 13.7. The largest absolute Gasteiger partial charge is 0.481 e. The molecule has 1 saturated heterocycles. The molecule has 4 fully saturated rings. The lowest BCUT2D eigenvalue weighted by Crippen LogP contribution is -2.70. The third-order valence-electron chi connectivity index (χ3n) is 15.2. The summed E-state index contributed by atoms with van der Waals surface area (Å²) >= 11 is 0. The molecule has 5 aliphatic rings. The van der Waals surface area contributed by atoms with Crippen molar-refractivity contribution in [2.24, 2.45) is 78.9 Å². The van der Waals surface area contributed by atoms with Crippen molar-refractivity contribution in [3.05, 3.63) is 11.6 Å². The molecule has 0 spiro atoms. The molecule has 2 bridgehead atoms. The maximum atomic E-state index is 13.5. The van der Waals surface area contributed by atoms with Gasteiger partial charge in [0.25, 0.3) is 0 Å². The van der Waals surface area contributed by atoms with Crippen LogP contribution in [0.1, 0.15) is 113 Å². The van der Waals surface area contributed by atoms with Gasteiger partial charge in [-0.2, -0.15) is 0 Å². The van der Waals surface area contributed by atoms with Gasteiger partial charge in [0.05, 0.1) is 19.1 Å². The molecule has 0 aromatic carbocycles. The minimum Gasteiger partial charge on any atom is -0.481 e. The van der Waals surface area contributed by atoms with E-state index < -0.39 is 58.3 Å². The third-order valence-corrected chi connectivity index (χ3v) is 15.2. The Bertz CT molecular complexity index is 1400. The molecule has 282 valence electrons. The van der Waals surface area contributed by atoms with E-state index in [-0.39, 0.29) is 34.5 Å². The van der Waals surface area contributed by atoms with E-state index in [1.165, 1.54) is 12.5 Å². The van der Waals surface area contributed by atoms with Crippen LogP contribution in [0.5, 0.6) is 0 Å². The first-order chi connectivity index (χ1) is 23.3. The van der Waals surface area contributed by atoms with Crippen LogP contribution in [0.15, 0.2) is 16.6 Å². The number of esters is 2. The third kappa shape index (κ3) is 6.05. The Labute approximate surface area is 298 Å². The number of nitrogens with zero attached hydrogens (tertiary/aromatic N) is 1. The highest BCUT2D eigenvalue weighted by atomic mass is 16.6. The first kappa shape index (κ1) is 38.6. The standard InChI is InChI=1S/C39H64N4O7/c1-22(2)23(3)35(5)16-17-37(7)25-12-13-29-36(6)20-48-21-39(29,26(25)14-15-38(37,8)30(35)32(45)46)19-28(49-24(4)44)31(36)50-33(47)27(40)11-9-10-18-43-34(41)42/h14,22-23,25,27-31H,9-13,15-21,40H2,1-8H3,(H,45,46)(H4,41,42,43)/t23-,25+,27?,28-,29+,30-,31+,35-,36-,37-,38+,39-/m1/s1. The Hall–Kier alpha value is -2.66. The van der Waals surface area contributed by atoms with E-state index in [0.29, 0.717) is 57.8 Å². The monoisotopic (exact) mass is 700 g/mol. The first-order valence-corrected chi connectivity index (χ1v) is 19.0. The number of fused-ring (bicyclic) bond motifs is 3. The number of carboxylic acid groups (broad SMARTS) is 1. The lowest BCUT2D eigenvalue weighted by Gasteiger charge is -2.71. The summed E-state index contributed by atoms with van der Waals surface area (Å²) in [5.74, 6) is -1.12. The van der Waals surface area contributed by atoms with E-state index in [1.807, 2.05) is 0 Å². The van der Waals surface area contributed by atoms with E-state index in [1.54, 1.807) is 0 Å². The predicted molar refractivity (Wildman–Crippen MR) is 192 cm³/mol. The number of carboxylic acids is 1. The van der Waals surface area contributed by atoms with Crippen LogP contribution in [-0.4, -0.2) is 67.0 Å². The lowest BCUT2D eigenvalue weighted by atomic mass is 9.34. The molecule has 12 atom stereocenters. The minimum absolute atomic E-state index is 0.0325. The number of nitrogens with two attached hydrogens (primary N) is 3. The molecule has 1 aliphatic heterocycles. The van der Waals surface area contributed by atoms with Gasteiger partial charge in [0, 0.05) is 24.3 Å². The maximum absolute atomic E-state index is 13.5. The van der Waals surface area contributed by atoms with E-state index in [0.717, 1.165) is 25.7 Å². The van der Waals surface area contributed by atoms with Crippen LogP contribution in [-0.2, 0) is 28.6 Å². The van der Waals surface area contributed by atoms with Gasteiger partial charge in [0.1, 0.15) is 18.2 Å². The minimum atomic E-state index is -0.834. The molecule has 7 N–H and O–H groups in total. The maximum Gasteiger partial charge on any atom is 0.323 e. The Morgan fingerprint density at radius 2 is 1.72 bits per heavy atom. The number of hydrogen-bond acceptors (Lipinski definition) is 8. The highest BCUT2D eigenvalue weighted by molar-refractivity contribution is 5.76. The summed E-state index contributed by atoms with van der Waals surface area (Å²) in [6.45, 7) is 18.3. The number of carbonyl (C=O) groups excluding carboxylic acids is 2. The fourth-order valence-electron chi connectivity index (χ4n) is 12.1. The van der Waals surface area contributed by atoms with E-state index >= 15 is 0 Å². The second-order valence-electron chi connectivity index (χ2n) is 18.0. The van der Waals surface area contributed by atoms with Crippen molar-refractivity contribution in [1.29, 1.82) is 0 Å². The quantitative estimate of drug-likeness (QED) is 0.0734. The molecule has 50 heavy (non-hydrogen) atoms. The molecule has 0 aromatic heterocycles. The predicted octanol–water partition coefficient (Wildman–Crippen LogP) is 5.19. The average Bonchev–Trinajstić information content (AvgIpc) is 3.02. The van der Waals surface area contributed by atoms with Crippen LogP contribution in [0.2, 0.25) is 0 Å². The van der Waals surface area contributed by atoms with Crippen molar-refractivity contribution in [3.63, 3.8) is 0 Å².